The minimum atomic E-state index is -0.918. The van der Waals surface area contributed by atoms with Crippen molar-refractivity contribution < 1.29 is 33.3 Å². The van der Waals surface area contributed by atoms with Gasteiger partial charge in [0.05, 0.1) is 60.4 Å². The highest BCUT2D eigenvalue weighted by Gasteiger charge is 2.52. The van der Waals surface area contributed by atoms with Crippen LogP contribution in [-0.2, 0) is 46.3 Å². The van der Waals surface area contributed by atoms with Crippen molar-refractivity contribution in [2.24, 2.45) is 35.0 Å². The first-order chi connectivity index (χ1) is 36.3. The standard InChI is InChI=1S/C58H79N9O7S/c1-34-35(2)49(34)54(68)61-51-53(65-30-38-9-10-39(38)31-65)55-60-47(32-75-55)37-11-14-48-43(26-37)45(28-58(4,5)33-74-57(70)46-8-7-17-67(62-46)56(51)69)52(66(48)22-25-73-42-15-23-72-24-16-42)44-27-41(29-59-50(44)36(3)71-6)64-20-18-63(19-21-64)40-12-13-40/h11,14,26-27,29,32,34-36,38-40,42,46,49,51,53,62H,7-10,12-13,15-25,28,30-31,33H2,1-6H3,(H,61,68)/t34-,35+,36-,38?,39?,46-,49?,51-,53-/m0/s1. The van der Waals surface area contributed by atoms with Crippen molar-refractivity contribution in [3.63, 3.8) is 0 Å². The quantitative estimate of drug-likeness (QED) is 0.136. The number of cyclic esters (lactones) is 1. The van der Waals surface area contributed by atoms with E-state index in [0.717, 1.165) is 114 Å². The zero-order valence-electron chi connectivity index (χ0n) is 45.1. The van der Waals surface area contributed by atoms with Crippen molar-refractivity contribution in [1.29, 1.82) is 0 Å². The first-order valence-electron chi connectivity index (χ1n) is 28.4. The van der Waals surface area contributed by atoms with Crippen molar-refractivity contribution >= 4 is 45.7 Å². The van der Waals surface area contributed by atoms with Crippen molar-refractivity contribution in [3.8, 4) is 22.5 Å². The average molecular weight is 1050 g/mol. The highest BCUT2D eigenvalue weighted by atomic mass is 32.1. The number of methoxy groups -OCH3 is 1. The fourth-order valence-electron chi connectivity index (χ4n) is 13.4. The fraction of sp³-hybridized carbons (Fsp3) is 0.672. The fourth-order valence-corrected chi connectivity index (χ4v) is 14.4. The monoisotopic (exact) mass is 1050 g/mol. The van der Waals surface area contributed by atoms with Gasteiger partial charge in [-0.15, -0.1) is 11.3 Å². The van der Waals surface area contributed by atoms with Crippen LogP contribution in [0.25, 0.3) is 33.4 Å². The van der Waals surface area contributed by atoms with Crippen LogP contribution in [0.1, 0.15) is 114 Å². The van der Waals surface area contributed by atoms with Crippen LogP contribution in [0.15, 0.2) is 35.8 Å². The van der Waals surface area contributed by atoms with Gasteiger partial charge in [-0.3, -0.25) is 34.2 Å². The summed E-state index contributed by atoms with van der Waals surface area (Å²) in [5, 5.41) is 8.97. The highest BCUT2D eigenvalue weighted by Crippen LogP contribution is 2.48. The minimum absolute atomic E-state index is 0.0916. The van der Waals surface area contributed by atoms with Crippen LogP contribution in [0.3, 0.4) is 0 Å². The summed E-state index contributed by atoms with van der Waals surface area (Å²) in [4.78, 5) is 62.3. The molecule has 2 amide bonds. The lowest BCUT2D eigenvalue weighted by Crippen LogP contribution is -2.62. The number of ether oxygens (including phenoxy) is 4. The number of hydrogen-bond acceptors (Lipinski definition) is 14. The molecule has 3 unspecified atom stereocenters. The number of piperazine rings is 1. The molecule has 9 atom stereocenters. The third-order valence-electron chi connectivity index (χ3n) is 18.6. The zero-order chi connectivity index (χ0) is 51.7. The lowest BCUT2D eigenvalue weighted by Gasteiger charge is -2.39. The summed E-state index contributed by atoms with van der Waals surface area (Å²) in [5.74, 6) is 0.719. The lowest BCUT2D eigenvalue weighted by atomic mass is 9.77. The van der Waals surface area contributed by atoms with Crippen molar-refractivity contribution in [2.45, 2.75) is 135 Å². The minimum Gasteiger partial charge on any atom is -0.464 e. The van der Waals surface area contributed by atoms with Crippen LogP contribution in [-0.4, -0.2) is 151 Å². The number of fused-ring (bicyclic) bond motifs is 7. The van der Waals surface area contributed by atoms with Crippen LogP contribution in [0.5, 0.6) is 0 Å². The second-order valence-electron chi connectivity index (χ2n) is 24.2. The zero-order valence-corrected chi connectivity index (χ0v) is 45.9. The van der Waals surface area contributed by atoms with Gasteiger partial charge in [-0.25, -0.2) is 10.4 Å². The summed E-state index contributed by atoms with van der Waals surface area (Å²) in [6.45, 7) is 19.4. The smallest absolute Gasteiger partial charge is 0.324 e. The normalized spacial score (nSPS) is 30.2. The largest absolute Gasteiger partial charge is 0.464 e. The van der Waals surface area contributed by atoms with Crippen LogP contribution >= 0.6 is 11.3 Å². The summed E-state index contributed by atoms with van der Waals surface area (Å²) in [7, 11) is 1.75. The number of carbonyl (C=O) groups excluding carboxylic acids is 3. The van der Waals surface area contributed by atoms with Gasteiger partial charge in [0.2, 0.25) is 5.91 Å². The number of carbonyl (C=O) groups is 3. The van der Waals surface area contributed by atoms with Crippen LogP contribution in [0.2, 0.25) is 0 Å². The molecule has 2 N–H and O–H groups in total. The Balaban J connectivity index is 1.01. The van der Waals surface area contributed by atoms with Gasteiger partial charge in [0.15, 0.2) is 0 Å². The molecule has 3 saturated carbocycles. The van der Waals surface area contributed by atoms with Crippen molar-refractivity contribution in [1.82, 2.24) is 40.1 Å². The molecule has 12 rings (SSSR count). The number of likely N-dealkylation sites (tertiary alicyclic amines) is 1. The van der Waals surface area contributed by atoms with Gasteiger partial charge in [0.25, 0.3) is 5.91 Å². The number of aromatic nitrogens is 3. The molecule has 0 radical (unpaired) electrons. The number of benzene rings is 1. The molecule has 7 fully saturated rings. The lowest BCUT2D eigenvalue weighted by molar-refractivity contribution is -0.156. The summed E-state index contributed by atoms with van der Waals surface area (Å²) in [5.41, 5.74) is 10.9. The summed E-state index contributed by atoms with van der Waals surface area (Å²) in [6, 6.07) is 7.67. The van der Waals surface area contributed by atoms with Crippen molar-refractivity contribution in [2.75, 3.05) is 84.3 Å². The predicted octanol–water partition coefficient (Wildman–Crippen LogP) is 7.41. The molecule has 8 aliphatic rings. The summed E-state index contributed by atoms with van der Waals surface area (Å²) < 4.78 is 27.4. The van der Waals surface area contributed by atoms with Crippen molar-refractivity contribution in [3.05, 3.63) is 52.1 Å². The van der Waals surface area contributed by atoms with Gasteiger partial charge in [-0.2, -0.15) is 0 Å². The molecular formula is C58H79N9O7S. The Hall–Kier alpha value is -4.49. The molecular weight excluding hydrogens is 967 g/mol. The Morgan fingerprint density at radius 1 is 0.960 bits per heavy atom. The second-order valence-corrected chi connectivity index (χ2v) is 25.1. The SMILES string of the molecule is CO[C@@H](C)c1ncc(N2CCN(C3CC3)CC2)cc1-c1c2c3cc(ccc3n1CCOC1CCOCC1)-c1csc(n1)[C@@H](N1CC3CCC3C1)[C@H](NC(=O)C1[C@@H](C)[C@H]1C)C(=O)N1CCC[C@H](N1)C(=O)OCC(C)(C)C2. The molecule has 8 heterocycles. The van der Waals surface area contributed by atoms with Gasteiger partial charge >= 0.3 is 5.97 Å². The van der Waals surface area contributed by atoms with Gasteiger partial charge < -0.3 is 33.7 Å². The Bertz CT molecular complexity index is 2740. The number of nitrogens with zero attached hydrogens (tertiary/aromatic N) is 7. The van der Waals surface area contributed by atoms with E-state index in [1.54, 1.807) is 23.5 Å². The summed E-state index contributed by atoms with van der Waals surface area (Å²) in [6.07, 6.45) is 10.3. The highest BCUT2D eigenvalue weighted by molar-refractivity contribution is 7.10. The summed E-state index contributed by atoms with van der Waals surface area (Å²) >= 11 is 1.57. The number of rotatable bonds is 12. The van der Waals surface area contributed by atoms with E-state index < -0.39 is 23.5 Å². The Morgan fingerprint density at radius 2 is 1.72 bits per heavy atom. The third kappa shape index (κ3) is 10.3. The van der Waals surface area contributed by atoms with E-state index in [4.69, 9.17) is 28.9 Å². The third-order valence-corrected chi connectivity index (χ3v) is 19.5. The molecule has 3 aromatic heterocycles. The van der Waals surface area contributed by atoms with E-state index in [0.29, 0.717) is 64.0 Å². The first kappa shape index (κ1) is 51.3. The topological polar surface area (TPSA) is 156 Å². The number of nitrogens with one attached hydrogen (secondary N) is 2. The Labute approximate surface area is 446 Å². The predicted molar refractivity (Wildman–Crippen MR) is 289 cm³/mol. The van der Waals surface area contributed by atoms with E-state index in [2.05, 4.69) is 94.3 Å². The molecule has 5 aliphatic heterocycles. The van der Waals surface area contributed by atoms with E-state index >= 15 is 4.79 Å². The number of amides is 2. The molecule has 16 nitrogen and oxygen atoms in total. The van der Waals surface area contributed by atoms with Crippen LogP contribution in [0, 0.1) is 35.0 Å². The molecule has 1 aromatic carbocycles. The Kier molecular flexibility index (Phi) is 14.4. The number of esters is 1. The van der Waals surface area contributed by atoms with E-state index in [-0.39, 0.29) is 54.4 Å². The first-order valence-corrected chi connectivity index (χ1v) is 29.3. The molecule has 4 saturated heterocycles. The van der Waals surface area contributed by atoms with Crippen LogP contribution in [0.4, 0.5) is 5.69 Å². The maximum atomic E-state index is 15.3. The maximum absolute atomic E-state index is 15.3. The maximum Gasteiger partial charge on any atom is 0.324 e. The van der Waals surface area contributed by atoms with E-state index in [1.807, 2.05) is 6.20 Å². The van der Waals surface area contributed by atoms with E-state index in [9.17, 15) is 9.59 Å². The number of anilines is 1. The Morgan fingerprint density at radius 3 is 2.43 bits per heavy atom. The van der Waals surface area contributed by atoms with Gasteiger partial charge in [0.1, 0.15) is 17.1 Å². The second kappa shape index (κ2) is 21.0. The van der Waals surface area contributed by atoms with Gasteiger partial charge in [-0.1, -0.05) is 33.8 Å². The number of hydrazine groups is 1. The number of pyridine rings is 1. The van der Waals surface area contributed by atoms with Gasteiger partial charge in [0, 0.05) is 117 Å². The average Bonchev–Trinajstić information content (AvgIpc) is 4.25. The molecule has 17 heteroatoms. The molecule has 404 valence electrons. The molecule has 3 aliphatic carbocycles. The molecule has 75 heavy (non-hydrogen) atoms. The molecule has 6 bridgehead atoms. The van der Waals surface area contributed by atoms with E-state index in [1.165, 1.54) is 25.7 Å². The molecule has 4 aromatic rings. The molecule has 0 spiro atoms. The number of hydrogen-bond donors (Lipinski definition) is 2. The van der Waals surface area contributed by atoms with Crippen LogP contribution < -0.4 is 15.6 Å². The number of thiazole rings is 1. The van der Waals surface area contributed by atoms with Gasteiger partial charge in [-0.05, 0) is 112 Å².